The SMILES string of the molecule is O=CCn1[nH]c(=O)c2ccccc2c1=O. The summed E-state index contributed by atoms with van der Waals surface area (Å²) >= 11 is 0. The summed E-state index contributed by atoms with van der Waals surface area (Å²) < 4.78 is 0.998. The van der Waals surface area contributed by atoms with Gasteiger partial charge < -0.3 is 4.79 Å². The molecule has 76 valence electrons. The number of carbonyl (C=O) groups excluding carboxylic acids is 1. The molecule has 0 saturated heterocycles. The Labute approximate surface area is 83.9 Å². The van der Waals surface area contributed by atoms with Crippen LogP contribution >= 0.6 is 0 Å². The molecule has 0 saturated carbocycles. The molecule has 2 aromatic rings. The van der Waals surface area contributed by atoms with E-state index in [-0.39, 0.29) is 17.7 Å². The van der Waals surface area contributed by atoms with Crippen LogP contribution in [0.3, 0.4) is 0 Å². The molecule has 2 rings (SSSR count). The second-order valence-electron chi connectivity index (χ2n) is 3.07. The monoisotopic (exact) mass is 204 g/mol. The highest BCUT2D eigenvalue weighted by Crippen LogP contribution is 2.01. The van der Waals surface area contributed by atoms with Crippen LogP contribution in [0.1, 0.15) is 0 Å². The zero-order valence-electron chi connectivity index (χ0n) is 7.77. The lowest BCUT2D eigenvalue weighted by Crippen LogP contribution is -2.30. The first-order valence-corrected chi connectivity index (χ1v) is 4.39. The van der Waals surface area contributed by atoms with E-state index >= 15 is 0 Å². The lowest BCUT2D eigenvalue weighted by molar-refractivity contribution is -0.108. The molecule has 0 aliphatic carbocycles. The summed E-state index contributed by atoms with van der Waals surface area (Å²) in [6.07, 6.45) is 0.562. The van der Waals surface area contributed by atoms with E-state index in [2.05, 4.69) is 5.10 Å². The van der Waals surface area contributed by atoms with Gasteiger partial charge in [-0.1, -0.05) is 12.1 Å². The average molecular weight is 204 g/mol. The zero-order chi connectivity index (χ0) is 10.8. The molecular formula is C10H8N2O3. The Morgan fingerprint density at radius 1 is 1.20 bits per heavy atom. The Bertz CT molecular complexity index is 624. The van der Waals surface area contributed by atoms with Crippen LogP contribution in [0, 0.1) is 0 Å². The first kappa shape index (κ1) is 9.39. The summed E-state index contributed by atoms with van der Waals surface area (Å²) in [4.78, 5) is 33.5. The van der Waals surface area contributed by atoms with Crippen LogP contribution < -0.4 is 11.1 Å². The minimum atomic E-state index is -0.368. The van der Waals surface area contributed by atoms with Crippen LogP contribution in [0.25, 0.3) is 10.8 Å². The molecular weight excluding hydrogens is 196 g/mol. The maximum absolute atomic E-state index is 11.7. The van der Waals surface area contributed by atoms with Gasteiger partial charge in [-0.25, -0.2) is 4.68 Å². The van der Waals surface area contributed by atoms with Gasteiger partial charge in [0.1, 0.15) is 6.29 Å². The number of aromatic amines is 1. The van der Waals surface area contributed by atoms with Crippen LogP contribution in [0.4, 0.5) is 0 Å². The molecule has 0 unspecified atom stereocenters. The van der Waals surface area contributed by atoms with Crippen LogP contribution in [-0.4, -0.2) is 16.1 Å². The van der Waals surface area contributed by atoms with Crippen molar-refractivity contribution in [2.24, 2.45) is 0 Å². The van der Waals surface area contributed by atoms with Gasteiger partial charge in [-0.2, -0.15) is 0 Å². The van der Waals surface area contributed by atoms with Gasteiger partial charge in [-0.15, -0.1) is 0 Å². The second kappa shape index (κ2) is 3.53. The molecule has 1 aromatic heterocycles. The minimum Gasteiger partial charge on any atom is -0.301 e. The van der Waals surface area contributed by atoms with Gasteiger partial charge in [0.2, 0.25) is 0 Å². The number of hydrogen-bond acceptors (Lipinski definition) is 3. The molecule has 0 fully saturated rings. The van der Waals surface area contributed by atoms with Gasteiger partial charge in [0.15, 0.2) is 0 Å². The first-order valence-electron chi connectivity index (χ1n) is 4.39. The number of carbonyl (C=O) groups is 1. The van der Waals surface area contributed by atoms with Crippen molar-refractivity contribution in [2.75, 3.05) is 0 Å². The molecule has 1 N–H and O–H groups in total. The van der Waals surface area contributed by atoms with Crippen molar-refractivity contribution in [3.8, 4) is 0 Å². The van der Waals surface area contributed by atoms with E-state index < -0.39 is 0 Å². The van der Waals surface area contributed by atoms with E-state index in [1.165, 1.54) is 0 Å². The van der Waals surface area contributed by atoms with Crippen LogP contribution in [0.2, 0.25) is 0 Å². The Morgan fingerprint density at radius 2 is 1.87 bits per heavy atom. The van der Waals surface area contributed by atoms with E-state index in [9.17, 15) is 14.4 Å². The maximum atomic E-state index is 11.7. The number of fused-ring (bicyclic) bond motifs is 1. The molecule has 0 aliphatic rings. The smallest absolute Gasteiger partial charge is 0.273 e. The lowest BCUT2D eigenvalue weighted by atomic mass is 10.2. The van der Waals surface area contributed by atoms with Crippen molar-refractivity contribution >= 4 is 17.1 Å². The van der Waals surface area contributed by atoms with Crippen molar-refractivity contribution in [3.05, 3.63) is 45.0 Å². The Morgan fingerprint density at radius 3 is 2.53 bits per heavy atom. The van der Waals surface area contributed by atoms with Gasteiger partial charge in [0.25, 0.3) is 11.1 Å². The topological polar surface area (TPSA) is 71.9 Å². The first-order chi connectivity index (χ1) is 7.24. The summed E-state index contributed by atoms with van der Waals surface area (Å²) in [7, 11) is 0. The minimum absolute atomic E-state index is 0.140. The fourth-order valence-electron chi connectivity index (χ4n) is 1.45. The Hall–Kier alpha value is -2.17. The zero-order valence-corrected chi connectivity index (χ0v) is 7.77. The number of aldehydes is 1. The lowest BCUT2D eigenvalue weighted by Gasteiger charge is -2.02. The van der Waals surface area contributed by atoms with Crippen molar-refractivity contribution in [3.63, 3.8) is 0 Å². The number of rotatable bonds is 2. The molecule has 5 nitrogen and oxygen atoms in total. The van der Waals surface area contributed by atoms with Gasteiger partial charge in [-0.3, -0.25) is 14.7 Å². The summed E-state index contributed by atoms with van der Waals surface area (Å²) in [6, 6.07) is 6.49. The van der Waals surface area contributed by atoms with Crippen LogP contribution in [0.15, 0.2) is 33.9 Å². The standard InChI is InChI=1S/C10H8N2O3/c13-6-5-12-10(15)8-4-2-1-3-7(8)9(14)11-12/h1-4,6H,5H2,(H,11,14). The molecule has 0 radical (unpaired) electrons. The third-order valence-electron chi connectivity index (χ3n) is 2.14. The van der Waals surface area contributed by atoms with Gasteiger partial charge in [-0.05, 0) is 12.1 Å². The maximum Gasteiger partial charge on any atom is 0.273 e. The molecule has 0 aliphatic heterocycles. The van der Waals surface area contributed by atoms with Gasteiger partial charge >= 0.3 is 0 Å². The molecule has 1 aromatic carbocycles. The fourth-order valence-corrected chi connectivity index (χ4v) is 1.45. The number of aromatic nitrogens is 2. The highest BCUT2D eigenvalue weighted by atomic mass is 16.2. The quantitative estimate of drug-likeness (QED) is 0.693. The largest absolute Gasteiger partial charge is 0.301 e. The van der Waals surface area contributed by atoms with E-state index in [1.54, 1.807) is 24.3 Å². The third kappa shape index (κ3) is 1.48. The van der Waals surface area contributed by atoms with E-state index in [1.807, 2.05) is 0 Å². The fraction of sp³-hybridized carbons (Fsp3) is 0.100. The van der Waals surface area contributed by atoms with E-state index in [4.69, 9.17) is 0 Å². The molecule has 0 atom stereocenters. The number of nitrogens with one attached hydrogen (secondary N) is 1. The molecule has 1 heterocycles. The Kier molecular flexibility index (Phi) is 2.21. The number of hydrogen-bond donors (Lipinski definition) is 1. The van der Waals surface area contributed by atoms with Gasteiger partial charge in [0, 0.05) is 0 Å². The summed E-state index contributed by atoms with van der Waals surface area (Å²) in [5.41, 5.74) is -0.732. The normalized spacial score (nSPS) is 10.4. The molecule has 0 spiro atoms. The predicted octanol–water partition coefficient (Wildman–Crippen LogP) is -0.111. The third-order valence-corrected chi connectivity index (χ3v) is 2.14. The number of nitrogens with zero attached hydrogens (tertiary/aromatic N) is 1. The van der Waals surface area contributed by atoms with Crippen molar-refractivity contribution in [2.45, 2.75) is 6.54 Å². The van der Waals surface area contributed by atoms with Crippen LogP contribution in [0.5, 0.6) is 0 Å². The molecule has 0 bridgehead atoms. The summed E-state index contributed by atoms with van der Waals surface area (Å²) in [6.45, 7) is -0.140. The van der Waals surface area contributed by atoms with E-state index in [0.717, 1.165) is 4.68 Å². The number of H-pyrrole nitrogens is 1. The Balaban J connectivity index is 2.91. The van der Waals surface area contributed by atoms with Gasteiger partial charge in [0.05, 0.1) is 17.3 Å². The van der Waals surface area contributed by atoms with Crippen molar-refractivity contribution in [1.82, 2.24) is 9.78 Å². The molecule has 5 heteroatoms. The molecule has 0 amide bonds. The van der Waals surface area contributed by atoms with E-state index in [0.29, 0.717) is 17.1 Å². The average Bonchev–Trinajstić information content (AvgIpc) is 2.26. The summed E-state index contributed by atoms with van der Waals surface area (Å²) in [5.74, 6) is 0. The highest BCUT2D eigenvalue weighted by molar-refractivity contribution is 5.80. The van der Waals surface area contributed by atoms with Crippen LogP contribution in [-0.2, 0) is 11.3 Å². The summed E-state index contributed by atoms with van der Waals surface area (Å²) in [5, 5.41) is 3.00. The van der Waals surface area contributed by atoms with Crippen molar-refractivity contribution in [1.29, 1.82) is 0 Å². The van der Waals surface area contributed by atoms with Crippen molar-refractivity contribution < 1.29 is 4.79 Å². The predicted molar refractivity (Wildman–Crippen MR) is 54.9 cm³/mol. The number of benzene rings is 1. The molecule has 15 heavy (non-hydrogen) atoms. The second-order valence-corrected chi connectivity index (χ2v) is 3.07. The highest BCUT2D eigenvalue weighted by Gasteiger charge is 2.04.